The standard InChI is InChI=1S/C18H18N2O2/c1-18(2,3)17(21)22-13-9-10-14-15(11-13)19-20-16(14)12-7-5-4-6-8-12/h4-11H,1-3H3,(H,19,20). The van der Waals surface area contributed by atoms with Crippen LogP contribution in [0.15, 0.2) is 48.5 Å². The first-order valence-corrected chi connectivity index (χ1v) is 7.21. The lowest BCUT2D eigenvalue weighted by Gasteiger charge is -2.16. The molecular weight excluding hydrogens is 276 g/mol. The minimum absolute atomic E-state index is 0.255. The van der Waals surface area contributed by atoms with Crippen molar-refractivity contribution in [1.29, 1.82) is 0 Å². The fourth-order valence-electron chi connectivity index (χ4n) is 2.14. The minimum Gasteiger partial charge on any atom is -0.426 e. The lowest BCUT2D eigenvalue weighted by atomic mass is 9.97. The Morgan fingerprint density at radius 1 is 1.09 bits per heavy atom. The van der Waals surface area contributed by atoms with E-state index in [1.807, 2.05) is 57.2 Å². The first-order valence-electron chi connectivity index (χ1n) is 7.21. The van der Waals surface area contributed by atoms with Gasteiger partial charge in [-0.05, 0) is 32.9 Å². The van der Waals surface area contributed by atoms with Gasteiger partial charge < -0.3 is 4.74 Å². The number of nitrogens with one attached hydrogen (secondary N) is 1. The summed E-state index contributed by atoms with van der Waals surface area (Å²) in [4.78, 5) is 11.9. The third-order valence-electron chi connectivity index (χ3n) is 3.40. The Kier molecular flexibility index (Phi) is 3.45. The number of hydrogen-bond donors (Lipinski definition) is 1. The van der Waals surface area contributed by atoms with Crippen LogP contribution in [-0.4, -0.2) is 16.2 Å². The van der Waals surface area contributed by atoms with Crippen LogP contribution in [-0.2, 0) is 4.79 Å². The van der Waals surface area contributed by atoms with E-state index in [0.29, 0.717) is 5.75 Å². The van der Waals surface area contributed by atoms with E-state index in [1.54, 1.807) is 12.1 Å². The van der Waals surface area contributed by atoms with Crippen molar-refractivity contribution in [3.63, 3.8) is 0 Å². The summed E-state index contributed by atoms with van der Waals surface area (Å²) in [6.45, 7) is 5.49. The van der Waals surface area contributed by atoms with Crippen LogP contribution < -0.4 is 4.74 Å². The molecule has 0 aliphatic heterocycles. The molecule has 2 aromatic carbocycles. The second-order valence-electron chi connectivity index (χ2n) is 6.29. The molecule has 4 heteroatoms. The highest BCUT2D eigenvalue weighted by molar-refractivity contribution is 5.93. The molecule has 0 saturated carbocycles. The average Bonchev–Trinajstić information content (AvgIpc) is 2.90. The number of rotatable bonds is 2. The van der Waals surface area contributed by atoms with E-state index >= 15 is 0 Å². The maximum Gasteiger partial charge on any atom is 0.316 e. The van der Waals surface area contributed by atoms with Crippen LogP contribution in [0.4, 0.5) is 0 Å². The highest BCUT2D eigenvalue weighted by Crippen LogP contribution is 2.29. The zero-order chi connectivity index (χ0) is 15.7. The van der Waals surface area contributed by atoms with Gasteiger partial charge in [-0.1, -0.05) is 30.3 Å². The number of fused-ring (bicyclic) bond motifs is 1. The van der Waals surface area contributed by atoms with Crippen molar-refractivity contribution in [3.8, 4) is 17.0 Å². The molecule has 0 amide bonds. The molecule has 1 heterocycles. The summed E-state index contributed by atoms with van der Waals surface area (Å²) in [5.74, 6) is 0.269. The number of carbonyl (C=O) groups is 1. The molecule has 0 aliphatic carbocycles. The van der Waals surface area contributed by atoms with Crippen molar-refractivity contribution >= 4 is 16.9 Å². The van der Waals surface area contributed by atoms with E-state index in [1.165, 1.54) is 0 Å². The Balaban J connectivity index is 1.95. The van der Waals surface area contributed by atoms with Crippen LogP contribution in [0, 0.1) is 5.41 Å². The number of H-pyrrole nitrogens is 1. The average molecular weight is 294 g/mol. The fraction of sp³-hybridized carbons (Fsp3) is 0.222. The van der Waals surface area contributed by atoms with Crippen LogP contribution in [0.25, 0.3) is 22.2 Å². The lowest BCUT2D eigenvalue weighted by molar-refractivity contribution is -0.142. The maximum absolute atomic E-state index is 11.9. The molecule has 0 saturated heterocycles. The van der Waals surface area contributed by atoms with E-state index in [4.69, 9.17) is 4.74 Å². The SMILES string of the molecule is CC(C)(C)C(=O)Oc1ccc2c(-c3ccccc3)n[nH]c2c1. The molecule has 0 unspecified atom stereocenters. The zero-order valence-electron chi connectivity index (χ0n) is 12.9. The van der Waals surface area contributed by atoms with Gasteiger partial charge in [0.05, 0.1) is 16.6 Å². The quantitative estimate of drug-likeness (QED) is 0.570. The van der Waals surface area contributed by atoms with Crippen LogP contribution in [0.1, 0.15) is 20.8 Å². The first-order chi connectivity index (χ1) is 10.4. The Morgan fingerprint density at radius 2 is 1.82 bits per heavy atom. The van der Waals surface area contributed by atoms with E-state index in [9.17, 15) is 4.79 Å². The van der Waals surface area contributed by atoms with Gasteiger partial charge in [-0.15, -0.1) is 0 Å². The number of aromatic amines is 1. The third kappa shape index (κ3) is 2.72. The minimum atomic E-state index is -0.530. The van der Waals surface area contributed by atoms with Crippen molar-refractivity contribution < 1.29 is 9.53 Å². The van der Waals surface area contributed by atoms with Crippen LogP contribution in [0.2, 0.25) is 0 Å². The van der Waals surface area contributed by atoms with Gasteiger partial charge in [0.15, 0.2) is 0 Å². The van der Waals surface area contributed by atoms with E-state index in [-0.39, 0.29) is 5.97 Å². The first kappa shape index (κ1) is 14.3. The maximum atomic E-state index is 11.9. The summed E-state index contributed by atoms with van der Waals surface area (Å²) in [6.07, 6.45) is 0. The number of ether oxygens (including phenoxy) is 1. The molecule has 0 spiro atoms. The van der Waals surface area contributed by atoms with Gasteiger partial charge >= 0.3 is 5.97 Å². The highest BCUT2D eigenvalue weighted by Gasteiger charge is 2.23. The molecule has 0 atom stereocenters. The normalized spacial score (nSPS) is 11.6. The summed E-state index contributed by atoms with van der Waals surface area (Å²) in [7, 11) is 0. The molecule has 112 valence electrons. The van der Waals surface area contributed by atoms with E-state index in [0.717, 1.165) is 22.2 Å². The molecule has 22 heavy (non-hydrogen) atoms. The van der Waals surface area contributed by atoms with Crippen molar-refractivity contribution in [1.82, 2.24) is 10.2 Å². The Hall–Kier alpha value is -2.62. The molecule has 1 N–H and O–H groups in total. The van der Waals surface area contributed by atoms with Gasteiger partial charge in [0.2, 0.25) is 0 Å². The molecule has 0 radical (unpaired) electrons. The molecule has 4 nitrogen and oxygen atoms in total. The summed E-state index contributed by atoms with van der Waals surface area (Å²) in [6, 6.07) is 15.5. The zero-order valence-corrected chi connectivity index (χ0v) is 12.9. The summed E-state index contributed by atoms with van der Waals surface area (Å²) >= 11 is 0. The predicted molar refractivity (Wildman–Crippen MR) is 86.6 cm³/mol. The number of carbonyl (C=O) groups excluding carboxylic acids is 1. The fourth-order valence-corrected chi connectivity index (χ4v) is 2.14. The third-order valence-corrected chi connectivity index (χ3v) is 3.40. The lowest BCUT2D eigenvalue weighted by Crippen LogP contribution is -2.25. The van der Waals surface area contributed by atoms with Gasteiger partial charge in [-0.2, -0.15) is 5.10 Å². The summed E-state index contributed by atoms with van der Waals surface area (Å²) < 4.78 is 5.42. The van der Waals surface area contributed by atoms with Gasteiger partial charge in [0.25, 0.3) is 0 Å². The number of esters is 1. The van der Waals surface area contributed by atoms with E-state index in [2.05, 4.69) is 10.2 Å². The molecule has 0 fully saturated rings. The highest BCUT2D eigenvalue weighted by atomic mass is 16.5. The Morgan fingerprint density at radius 3 is 2.50 bits per heavy atom. The number of aromatic nitrogens is 2. The molecule has 3 rings (SSSR count). The van der Waals surface area contributed by atoms with Gasteiger partial charge in [0.1, 0.15) is 5.75 Å². The largest absolute Gasteiger partial charge is 0.426 e. The molecule has 0 aliphatic rings. The van der Waals surface area contributed by atoms with Crippen molar-refractivity contribution in [2.45, 2.75) is 20.8 Å². The predicted octanol–water partition coefficient (Wildman–Crippen LogP) is 4.18. The molecule has 3 aromatic rings. The van der Waals surface area contributed by atoms with Gasteiger partial charge in [0, 0.05) is 17.0 Å². The Bertz CT molecular complexity index is 814. The number of benzene rings is 2. The number of hydrogen-bond acceptors (Lipinski definition) is 3. The van der Waals surface area contributed by atoms with Crippen LogP contribution in [0.3, 0.4) is 0 Å². The van der Waals surface area contributed by atoms with Crippen molar-refractivity contribution in [2.24, 2.45) is 5.41 Å². The summed E-state index contributed by atoms with van der Waals surface area (Å²) in [5, 5.41) is 8.37. The van der Waals surface area contributed by atoms with Crippen molar-refractivity contribution in [3.05, 3.63) is 48.5 Å². The molecule has 1 aromatic heterocycles. The van der Waals surface area contributed by atoms with Crippen LogP contribution >= 0.6 is 0 Å². The Labute approximate surface area is 129 Å². The molecule has 0 bridgehead atoms. The number of nitrogens with zero attached hydrogens (tertiary/aromatic N) is 1. The monoisotopic (exact) mass is 294 g/mol. The van der Waals surface area contributed by atoms with Crippen LogP contribution in [0.5, 0.6) is 5.75 Å². The second kappa shape index (κ2) is 5.30. The second-order valence-corrected chi connectivity index (χ2v) is 6.29. The topological polar surface area (TPSA) is 55.0 Å². The van der Waals surface area contributed by atoms with Crippen molar-refractivity contribution in [2.75, 3.05) is 0 Å². The smallest absolute Gasteiger partial charge is 0.316 e. The van der Waals surface area contributed by atoms with E-state index < -0.39 is 5.41 Å². The van der Waals surface area contributed by atoms with Gasteiger partial charge in [-0.3, -0.25) is 9.89 Å². The molecular formula is C18H18N2O2. The van der Waals surface area contributed by atoms with Gasteiger partial charge in [-0.25, -0.2) is 0 Å². The summed E-state index contributed by atoms with van der Waals surface area (Å²) in [5.41, 5.74) is 2.26.